The van der Waals surface area contributed by atoms with Crippen LogP contribution >= 0.6 is 11.6 Å². The van der Waals surface area contributed by atoms with E-state index in [2.05, 4.69) is 15.2 Å². The number of rotatable bonds is 4. The first-order valence-electron chi connectivity index (χ1n) is 10.5. The Morgan fingerprint density at radius 1 is 1.40 bits per heavy atom. The molecule has 0 aromatic carbocycles. The Hall–Kier alpha value is -2.16. The number of aryl methyl sites for hydroxylation is 1. The number of nitrogens with zero attached hydrogens (tertiary/aromatic N) is 4. The monoisotopic (exact) mass is 432 g/mol. The van der Waals surface area contributed by atoms with Crippen LogP contribution in [0.3, 0.4) is 0 Å². The third-order valence-corrected chi connectivity index (χ3v) is 6.83. The molecule has 2 aromatic rings. The number of nitrogens with one attached hydrogen (secondary N) is 1. The van der Waals surface area contributed by atoms with Crippen LogP contribution in [0.4, 0.5) is 11.6 Å². The largest absolute Gasteiger partial charge is 0.376 e. The molecule has 0 unspecified atom stereocenters. The van der Waals surface area contributed by atoms with E-state index in [4.69, 9.17) is 27.1 Å². The van der Waals surface area contributed by atoms with Crippen molar-refractivity contribution in [1.82, 2.24) is 14.5 Å². The van der Waals surface area contributed by atoms with Gasteiger partial charge in [-0.1, -0.05) is 11.6 Å². The predicted molar refractivity (Wildman–Crippen MR) is 119 cm³/mol. The van der Waals surface area contributed by atoms with Gasteiger partial charge in [0.15, 0.2) is 0 Å². The van der Waals surface area contributed by atoms with Gasteiger partial charge < -0.3 is 20.7 Å². The highest BCUT2D eigenvalue weighted by Crippen LogP contribution is 2.41. The molecule has 0 saturated carbocycles. The zero-order valence-corrected chi connectivity index (χ0v) is 18.4. The molecule has 2 saturated heterocycles. The first-order chi connectivity index (χ1) is 14.4. The molecule has 2 aromatic heterocycles. The molecule has 4 heterocycles. The lowest BCUT2D eigenvalue weighted by molar-refractivity contribution is 0.0974. The molecule has 9 heteroatoms. The summed E-state index contributed by atoms with van der Waals surface area (Å²) in [7, 11) is 0. The summed E-state index contributed by atoms with van der Waals surface area (Å²) in [6, 6.07) is 3.37. The van der Waals surface area contributed by atoms with Crippen LogP contribution in [0.15, 0.2) is 23.1 Å². The van der Waals surface area contributed by atoms with E-state index >= 15 is 0 Å². The van der Waals surface area contributed by atoms with Gasteiger partial charge in [-0.3, -0.25) is 9.36 Å². The van der Waals surface area contributed by atoms with Gasteiger partial charge in [0.1, 0.15) is 22.5 Å². The van der Waals surface area contributed by atoms with Crippen LogP contribution in [0.25, 0.3) is 5.69 Å². The second-order valence-electron chi connectivity index (χ2n) is 8.25. The standard InChI is InChI=1S/C21H29ClN6O2/c1-4-24-20-18(22)15(5-8-25-20)28-14(3)26-16(11-17(28)29)27-9-6-21(7-10-27)12-30-13(2)19(21)23/h5,8,11,13,19H,4,6-7,9-10,12,23H2,1-3H3,(H,24,25)/t13-,19+/m0/s1. The lowest BCUT2D eigenvalue weighted by Crippen LogP contribution is -2.51. The van der Waals surface area contributed by atoms with Gasteiger partial charge in [0.05, 0.1) is 18.4 Å². The summed E-state index contributed by atoms with van der Waals surface area (Å²) in [6.45, 7) is 8.84. The summed E-state index contributed by atoms with van der Waals surface area (Å²) in [5.74, 6) is 1.84. The number of hydrogen-bond donors (Lipinski definition) is 2. The van der Waals surface area contributed by atoms with Crippen LogP contribution in [0.2, 0.25) is 5.02 Å². The predicted octanol–water partition coefficient (Wildman–Crippen LogP) is 2.35. The molecule has 0 radical (unpaired) electrons. The van der Waals surface area contributed by atoms with Crippen molar-refractivity contribution in [2.24, 2.45) is 11.1 Å². The quantitative estimate of drug-likeness (QED) is 0.765. The maximum Gasteiger partial charge on any atom is 0.260 e. The van der Waals surface area contributed by atoms with Crippen molar-refractivity contribution in [3.05, 3.63) is 39.5 Å². The fourth-order valence-electron chi connectivity index (χ4n) is 4.59. The van der Waals surface area contributed by atoms with Gasteiger partial charge in [-0.2, -0.15) is 0 Å². The molecule has 2 aliphatic rings. The highest BCUT2D eigenvalue weighted by Gasteiger charge is 2.47. The van der Waals surface area contributed by atoms with Crippen molar-refractivity contribution in [3.8, 4) is 5.69 Å². The van der Waals surface area contributed by atoms with Gasteiger partial charge in [0.25, 0.3) is 5.56 Å². The number of hydrogen-bond acceptors (Lipinski definition) is 7. The maximum atomic E-state index is 13.0. The molecular formula is C21H29ClN6O2. The van der Waals surface area contributed by atoms with E-state index < -0.39 is 0 Å². The van der Waals surface area contributed by atoms with Gasteiger partial charge in [0, 0.05) is 43.4 Å². The van der Waals surface area contributed by atoms with Crippen molar-refractivity contribution in [2.75, 3.05) is 36.5 Å². The molecule has 162 valence electrons. The third-order valence-electron chi connectivity index (χ3n) is 6.46. The zero-order valence-electron chi connectivity index (χ0n) is 17.7. The average Bonchev–Trinajstić information content (AvgIpc) is 2.99. The molecule has 8 nitrogen and oxygen atoms in total. The number of aromatic nitrogens is 3. The van der Waals surface area contributed by atoms with Crippen LogP contribution in [0.5, 0.6) is 0 Å². The maximum absolute atomic E-state index is 13.0. The van der Waals surface area contributed by atoms with Gasteiger partial charge in [-0.05, 0) is 39.7 Å². The molecule has 2 fully saturated rings. The van der Waals surface area contributed by atoms with E-state index in [0.29, 0.717) is 41.3 Å². The zero-order chi connectivity index (χ0) is 21.5. The van der Waals surface area contributed by atoms with E-state index in [9.17, 15) is 4.79 Å². The number of pyridine rings is 1. The molecule has 3 N–H and O–H groups in total. The Morgan fingerprint density at radius 2 is 2.13 bits per heavy atom. The van der Waals surface area contributed by atoms with Crippen LogP contribution in [0.1, 0.15) is 32.5 Å². The molecular weight excluding hydrogens is 404 g/mol. The van der Waals surface area contributed by atoms with Crippen LogP contribution in [0, 0.1) is 12.3 Å². The number of ether oxygens (including phenoxy) is 1. The second kappa shape index (κ2) is 8.17. The first kappa shape index (κ1) is 21.1. The van der Waals surface area contributed by atoms with Crippen LogP contribution < -0.4 is 21.5 Å². The molecule has 4 rings (SSSR count). The van der Waals surface area contributed by atoms with E-state index in [1.165, 1.54) is 4.57 Å². The summed E-state index contributed by atoms with van der Waals surface area (Å²) < 4.78 is 7.34. The molecule has 0 bridgehead atoms. The van der Waals surface area contributed by atoms with Crippen molar-refractivity contribution in [1.29, 1.82) is 0 Å². The van der Waals surface area contributed by atoms with E-state index in [0.717, 1.165) is 25.9 Å². The molecule has 30 heavy (non-hydrogen) atoms. The van der Waals surface area contributed by atoms with Gasteiger partial charge >= 0.3 is 0 Å². The van der Waals surface area contributed by atoms with Crippen molar-refractivity contribution in [3.63, 3.8) is 0 Å². The molecule has 0 amide bonds. The fraction of sp³-hybridized carbons (Fsp3) is 0.571. The Labute approximate surface area is 181 Å². The van der Waals surface area contributed by atoms with Crippen molar-refractivity contribution < 1.29 is 4.74 Å². The topological polar surface area (TPSA) is 98.3 Å². The molecule has 2 aliphatic heterocycles. The van der Waals surface area contributed by atoms with E-state index in [-0.39, 0.29) is 23.1 Å². The number of anilines is 2. The summed E-state index contributed by atoms with van der Waals surface area (Å²) >= 11 is 6.50. The summed E-state index contributed by atoms with van der Waals surface area (Å²) in [6.07, 6.45) is 3.60. The second-order valence-corrected chi connectivity index (χ2v) is 8.63. The normalized spacial score (nSPS) is 23.2. The Morgan fingerprint density at radius 3 is 2.73 bits per heavy atom. The Bertz CT molecular complexity index is 986. The molecule has 2 atom stereocenters. The minimum Gasteiger partial charge on any atom is -0.376 e. The lowest BCUT2D eigenvalue weighted by Gasteiger charge is -2.41. The van der Waals surface area contributed by atoms with E-state index in [1.54, 1.807) is 18.3 Å². The SMILES string of the molecule is CCNc1nccc(-n2c(C)nc(N3CCC4(CC3)CO[C@@H](C)[C@H]4N)cc2=O)c1Cl. The Kier molecular flexibility index (Phi) is 5.74. The molecule has 0 aliphatic carbocycles. The average molecular weight is 433 g/mol. The number of halogens is 1. The van der Waals surface area contributed by atoms with Gasteiger partial charge in [0.2, 0.25) is 0 Å². The van der Waals surface area contributed by atoms with Gasteiger partial charge in [-0.15, -0.1) is 0 Å². The molecule has 1 spiro atoms. The Balaban J connectivity index is 1.59. The minimum atomic E-state index is -0.164. The van der Waals surface area contributed by atoms with Crippen molar-refractivity contribution in [2.45, 2.75) is 45.8 Å². The number of piperidine rings is 1. The van der Waals surface area contributed by atoms with Crippen LogP contribution in [-0.2, 0) is 4.74 Å². The third kappa shape index (κ3) is 3.57. The van der Waals surface area contributed by atoms with Crippen LogP contribution in [-0.4, -0.2) is 52.9 Å². The smallest absolute Gasteiger partial charge is 0.260 e. The van der Waals surface area contributed by atoms with E-state index in [1.807, 2.05) is 20.8 Å². The van der Waals surface area contributed by atoms with Crippen molar-refractivity contribution >= 4 is 23.2 Å². The lowest BCUT2D eigenvalue weighted by atomic mass is 9.73. The number of nitrogens with two attached hydrogens (primary N) is 1. The highest BCUT2D eigenvalue weighted by atomic mass is 35.5. The highest BCUT2D eigenvalue weighted by molar-refractivity contribution is 6.34. The first-order valence-corrected chi connectivity index (χ1v) is 10.9. The minimum absolute atomic E-state index is 0.0349. The summed E-state index contributed by atoms with van der Waals surface area (Å²) in [4.78, 5) is 24.2. The summed E-state index contributed by atoms with van der Waals surface area (Å²) in [5.41, 5.74) is 6.86. The fourth-order valence-corrected chi connectivity index (χ4v) is 4.85. The van der Waals surface area contributed by atoms with Gasteiger partial charge in [-0.25, -0.2) is 9.97 Å². The summed E-state index contributed by atoms with van der Waals surface area (Å²) in [5, 5.41) is 3.52.